The minimum atomic E-state index is -0.602. The lowest BCUT2D eigenvalue weighted by Gasteiger charge is -2.08. The van der Waals surface area contributed by atoms with Gasteiger partial charge in [0.25, 0.3) is 5.91 Å². The summed E-state index contributed by atoms with van der Waals surface area (Å²) in [5.41, 5.74) is 9.17. The van der Waals surface area contributed by atoms with E-state index in [0.717, 1.165) is 11.3 Å². The summed E-state index contributed by atoms with van der Waals surface area (Å²) in [4.78, 5) is 15.6. The van der Waals surface area contributed by atoms with Crippen LogP contribution >= 0.6 is 12.4 Å². The molecule has 1 heterocycles. The van der Waals surface area contributed by atoms with E-state index in [0.29, 0.717) is 18.2 Å². The molecule has 2 rings (SSSR count). The normalized spacial score (nSPS) is 9.67. The van der Waals surface area contributed by atoms with Gasteiger partial charge in [-0.05, 0) is 36.8 Å². The van der Waals surface area contributed by atoms with E-state index in [1.807, 2.05) is 13.0 Å². The second-order valence-electron chi connectivity index (χ2n) is 4.23. The summed E-state index contributed by atoms with van der Waals surface area (Å²) in [6, 6.07) is 10.0. The maximum atomic E-state index is 11.3. The summed E-state index contributed by atoms with van der Waals surface area (Å²) >= 11 is 0. The Hall–Kier alpha value is -2.15. The van der Waals surface area contributed by atoms with Gasteiger partial charge in [-0.25, -0.2) is 10.5 Å². The second kappa shape index (κ2) is 7.58. The van der Waals surface area contributed by atoms with Gasteiger partial charge in [0.05, 0.1) is 0 Å². The molecule has 0 bridgehead atoms. The first-order chi connectivity index (χ1) is 9.62. The number of hydrogen-bond donors (Lipinski definition) is 3. The molecule has 0 atom stereocenters. The Morgan fingerprint density at radius 2 is 2.14 bits per heavy atom. The Kier molecular flexibility index (Phi) is 6.10. The summed E-state index contributed by atoms with van der Waals surface area (Å²) in [5.74, 6) is 0.259. The van der Waals surface area contributed by atoms with Crippen LogP contribution in [0.2, 0.25) is 0 Å². The van der Waals surface area contributed by atoms with Crippen LogP contribution in [0, 0.1) is 6.92 Å². The smallest absolute Gasteiger partial charge is 0.274 e. The van der Waals surface area contributed by atoms with Crippen LogP contribution < -0.4 is 16.0 Å². The molecule has 112 valence electrons. The Balaban J connectivity index is 0.00000220. The number of nitrogens with zero attached hydrogens (tertiary/aromatic N) is 1. The standard InChI is InChI=1S/C14H15N3O3.ClH/c1-9-5-10(8-15)6-13(16-9)20-12-4-2-3-11(7-12)14(18)17-19;/h2-7,19H,8,15H2,1H3,(H,17,18);1H. The number of nitrogens with two attached hydrogens (primary N) is 1. The van der Waals surface area contributed by atoms with Gasteiger partial charge in [-0.2, -0.15) is 0 Å². The van der Waals surface area contributed by atoms with E-state index < -0.39 is 5.91 Å². The molecule has 7 heteroatoms. The number of halogens is 1. The highest BCUT2D eigenvalue weighted by molar-refractivity contribution is 5.93. The van der Waals surface area contributed by atoms with E-state index >= 15 is 0 Å². The fourth-order valence-electron chi connectivity index (χ4n) is 1.76. The van der Waals surface area contributed by atoms with Crippen LogP contribution in [0.15, 0.2) is 36.4 Å². The van der Waals surface area contributed by atoms with Crippen molar-refractivity contribution in [2.24, 2.45) is 5.73 Å². The summed E-state index contributed by atoms with van der Waals surface area (Å²) in [6.07, 6.45) is 0. The average molecular weight is 310 g/mol. The van der Waals surface area contributed by atoms with Gasteiger partial charge in [-0.3, -0.25) is 10.0 Å². The van der Waals surface area contributed by atoms with Gasteiger partial charge >= 0.3 is 0 Å². The number of carbonyl (C=O) groups excluding carboxylic acids is 1. The predicted octanol–water partition coefficient (Wildman–Crippen LogP) is 2.18. The van der Waals surface area contributed by atoms with E-state index in [-0.39, 0.29) is 18.0 Å². The van der Waals surface area contributed by atoms with Crippen molar-refractivity contribution in [2.75, 3.05) is 0 Å². The van der Waals surface area contributed by atoms with Crippen LogP contribution in [0.3, 0.4) is 0 Å². The molecule has 0 spiro atoms. The van der Waals surface area contributed by atoms with Crippen molar-refractivity contribution in [3.63, 3.8) is 0 Å². The average Bonchev–Trinajstić information content (AvgIpc) is 2.46. The van der Waals surface area contributed by atoms with Gasteiger partial charge in [0.2, 0.25) is 5.88 Å². The fourth-order valence-corrected chi connectivity index (χ4v) is 1.76. The zero-order chi connectivity index (χ0) is 14.5. The lowest BCUT2D eigenvalue weighted by Crippen LogP contribution is -2.18. The number of pyridine rings is 1. The molecule has 2 aromatic rings. The van der Waals surface area contributed by atoms with Gasteiger partial charge in [0.15, 0.2) is 0 Å². The molecule has 0 aliphatic rings. The van der Waals surface area contributed by atoms with Gasteiger partial charge in [-0.15, -0.1) is 12.4 Å². The van der Waals surface area contributed by atoms with Crippen molar-refractivity contribution in [2.45, 2.75) is 13.5 Å². The largest absolute Gasteiger partial charge is 0.439 e. The zero-order valence-electron chi connectivity index (χ0n) is 11.4. The third kappa shape index (κ3) is 4.42. The molecule has 0 fully saturated rings. The van der Waals surface area contributed by atoms with Crippen molar-refractivity contribution in [1.29, 1.82) is 0 Å². The Labute approximate surface area is 128 Å². The summed E-state index contributed by atoms with van der Waals surface area (Å²) < 4.78 is 5.61. The van der Waals surface area contributed by atoms with E-state index in [1.54, 1.807) is 29.7 Å². The number of hydroxylamine groups is 1. The quantitative estimate of drug-likeness (QED) is 0.594. The Morgan fingerprint density at radius 1 is 1.38 bits per heavy atom. The Bertz CT molecular complexity index is 635. The molecular weight excluding hydrogens is 294 g/mol. The van der Waals surface area contributed by atoms with E-state index in [4.69, 9.17) is 15.7 Å². The number of aromatic nitrogens is 1. The second-order valence-corrected chi connectivity index (χ2v) is 4.23. The number of amides is 1. The highest BCUT2D eigenvalue weighted by atomic mass is 35.5. The summed E-state index contributed by atoms with van der Waals surface area (Å²) in [6.45, 7) is 2.24. The predicted molar refractivity (Wildman–Crippen MR) is 79.9 cm³/mol. The van der Waals surface area contributed by atoms with Crippen LogP contribution in [0.5, 0.6) is 11.6 Å². The molecule has 0 radical (unpaired) electrons. The molecule has 0 saturated heterocycles. The van der Waals surface area contributed by atoms with E-state index in [1.165, 1.54) is 6.07 Å². The van der Waals surface area contributed by atoms with Crippen LogP contribution in [0.1, 0.15) is 21.6 Å². The van der Waals surface area contributed by atoms with Crippen molar-refractivity contribution >= 4 is 18.3 Å². The van der Waals surface area contributed by atoms with Gasteiger partial charge in [0, 0.05) is 23.9 Å². The van der Waals surface area contributed by atoms with E-state index in [2.05, 4.69) is 4.98 Å². The molecule has 0 unspecified atom stereocenters. The van der Waals surface area contributed by atoms with E-state index in [9.17, 15) is 4.79 Å². The van der Waals surface area contributed by atoms with Gasteiger partial charge in [-0.1, -0.05) is 6.07 Å². The number of rotatable bonds is 4. The summed E-state index contributed by atoms with van der Waals surface area (Å²) in [5, 5.41) is 8.61. The molecule has 4 N–H and O–H groups in total. The van der Waals surface area contributed by atoms with Gasteiger partial charge in [0.1, 0.15) is 5.75 Å². The summed E-state index contributed by atoms with van der Waals surface area (Å²) in [7, 11) is 0. The maximum Gasteiger partial charge on any atom is 0.274 e. The monoisotopic (exact) mass is 309 g/mol. The Morgan fingerprint density at radius 3 is 2.81 bits per heavy atom. The van der Waals surface area contributed by atoms with Crippen molar-refractivity contribution in [1.82, 2.24) is 10.5 Å². The highest BCUT2D eigenvalue weighted by Crippen LogP contribution is 2.22. The molecule has 21 heavy (non-hydrogen) atoms. The van der Waals surface area contributed by atoms with Gasteiger partial charge < -0.3 is 10.5 Å². The molecule has 1 amide bonds. The number of nitrogens with one attached hydrogen (secondary N) is 1. The van der Waals surface area contributed by atoms with Crippen molar-refractivity contribution in [3.8, 4) is 11.6 Å². The zero-order valence-corrected chi connectivity index (χ0v) is 12.2. The minimum Gasteiger partial charge on any atom is -0.439 e. The molecule has 0 saturated carbocycles. The number of carbonyl (C=O) groups is 1. The topological polar surface area (TPSA) is 97.5 Å². The molecule has 1 aromatic heterocycles. The molecular formula is C14H16ClN3O3. The van der Waals surface area contributed by atoms with Crippen LogP contribution in [0.25, 0.3) is 0 Å². The number of aryl methyl sites for hydroxylation is 1. The SMILES string of the molecule is Cc1cc(CN)cc(Oc2cccc(C(=O)NO)c2)n1.Cl. The van der Waals surface area contributed by atoms with Crippen molar-refractivity contribution in [3.05, 3.63) is 53.2 Å². The lowest BCUT2D eigenvalue weighted by molar-refractivity contribution is 0.0706. The first-order valence-corrected chi connectivity index (χ1v) is 6.02. The van der Waals surface area contributed by atoms with Crippen LogP contribution in [-0.2, 0) is 6.54 Å². The highest BCUT2D eigenvalue weighted by Gasteiger charge is 2.07. The minimum absolute atomic E-state index is 0. The maximum absolute atomic E-state index is 11.3. The third-order valence-electron chi connectivity index (χ3n) is 2.65. The van der Waals surface area contributed by atoms with Crippen molar-refractivity contribution < 1.29 is 14.7 Å². The molecule has 1 aromatic carbocycles. The lowest BCUT2D eigenvalue weighted by atomic mass is 10.2. The number of ether oxygens (including phenoxy) is 1. The van der Waals surface area contributed by atoms with Crippen LogP contribution in [0.4, 0.5) is 0 Å². The number of hydrogen-bond acceptors (Lipinski definition) is 5. The fraction of sp³-hybridized carbons (Fsp3) is 0.143. The number of benzene rings is 1. The third-order valence-corrected chi connectivity index (χ3v) is 2.65. The molecule has 0 aliphatic carbocycles. The molecule has 0 aliphatic heterocycles. The first-order valence-electron chi connectivity index (χ1n) is 6.02. The van der Waals surface area contributed by atoms with Crippen LogP contribution in [-0.4, -0.2) is 16.1 Å². The molecule has 6 nitrogen and oxygen atoms in total. The first kappa shape index (κ1) is 16.9.